The van der Waals surface area contributed by atoms with E-state index in [2.05, 4.69) is 102 Å². The van der Waals surface area contributed by atoms with Gasteiger partial charge in [-0.25, -0.2) is 0 Å². The highest BCUT2D eigenvalue weighted by molar-refractivity contribution is 8.00. The summed E-state index contributed by atoms with van der Waals surface area (Å²) in [5.41, 5.74) is 8.67. The van der Waals surface area contributed by atoms with E-state index in [0.29, 0.717) is 4.20 Å². The topological polar surface area (TPSA) is 3.88 Å². The first kappa shape index (κ1) is 20.0. The predicted octanol–water partition coefficient (Wildman–Crippen LogP) is 6.59. The quantitative estimate of drug-likeness (QED) is 0.201. The summed E-state index contributed by atoms with van der Waals surface area (Å²) >= 11 is 11.2. The monoisotopic (exact) mass is 437 g/mol. The second kappa shape index (κ2) is 8.70. The van der Waals surface area contributed by atoms with Gasteiger partial charge >= 0.3 is 0 Å². The highest BCUT2D eigenvalue weighted by atomic mass is 32.1. The summed E-state index contributed by atoms with van der Waals surface area (Å²) in [4.78, 5) is 0. The van der Waals surface area contributed by atoms with Crippen molar-refractivity contribution in [3.8, 4) is 28.1 Å². The standard InChI is InChI=1S/C28H23NS2/c30-28(31)24-18-10-17-23-25(20-11-4-1-5-12-20)19-26(21-13-6-2-7-14-21)29(27(23)24)22-15-8-3-9-16-22/h1-9,11-16,19,24H,10,17-18H2. The molecular weight excluding hydrogens is 414 g/mol. The fourth-order valence-corrected chi connectivity index (χ4v) is 5.18. The van der Waals surface area contributed by atoms with Gasteiger partial charge in [-0.05, 0) is 42.5 Å². The first-order chi connectivity index (χ1) is 15.2. The van der Waals surface area contributed by atoms with Crippen molar-refractivity contribution in [2.24, 2.45) is 0 Å². The SMILES string of the molecule is S=C([S-])C1CCCc2c(-c3ccccc3)cc(-c3ccccc3)[n+](-c3ccccc3)c21. The highest BCUT2D eigenvalue weighted by Gasteiger charge is 2.35. The molecule has 1 nitrogen and oxygen atoms in total. The zero-order valence-corrected chi connectivity index (χ0v) is 18.8. The van der Waals surface area contributed by atoms with Crippen LogP contribution in [0.2, 0.25) is 0 Å². The average Bonchev–Trinajstić information content (AvgIpc) is 2.84. The molecule has 1 atom stereocenters. The fourth-order valence-electron chi connectivity index (χ4n) is 4.72. The van der Waals surface area contributed by atoms with Crippen LogP contribution in [0.25, 0.3) is 28.1 Å². The van der Waals surface area contributed by atoms with Crippen LogP contribution in [0.5, 0.6) is 0 Å². The number of nitrogens with zero attached hydrogens (tertiary/aromatic N) is 1. The normalized spacial score (nSPS) is 15.3. The van der Waals surface area contributed by atoms with E-state index in [1.54, 1.807) is 0 Å². The molecule has 0 spiro atoms. The van der Waals surface area contributed by atoms with E-state index in [1.807, 2.05) is 0 Å². The Morgan fingerprint density at radius 1 is 0.806 bits per heavy atom. The molecule has 0 fully saturated rings. The molecule has 1 unspecified atom stereocenters. The number of para-hydroxylation sites is 1. The molecule has 1 aliphatic carbocycles. The average molecular weight is 438 g/mol. The number of benzene rings is 3. The van der Waals surface area contributed by atoms with Crippen molar-refractivity contribution in [2.75, 3.05) is 0 Å². The second-order valence-corrected chi connectivity index (χ2v) is 9.11. The van der Waals surface area contributed by atoms with Gasteiger partial charge in [0.1, 0.15) is 0 Å². The van der Waals surface area contributed by atoms with Gasteiger partial charge in [-0.1, -0.05) is 66.7 Å². The molecule has 4 aromatic rings. The summed E-state index contributed by atoms with van der Waals surface area (Å²) in [5.74, 6) is 0.0973. The summed E-state index contributed by atoms with van der Waals surface area (Å²) in [5, 5.41) is 0. The van der Waals surface area contributed by atoms with Gasteiger partial charge in [0.25, 0.3) is 0 Å². The van der Waals surface area contributed by atoms with E-state index < -0.39 is 0 Å². The Labute approximate surface area is 194 Å². The number of fused-ring (bicyclic) bond motifs is 1. The summed E-state index contributed by atoms with van der Waals surface area (Å²) in [6.07, 6.45) is 3.15. The lowest BCUT2D eigenvalue weighted by Gasteiger charge is -2.28. The van der Waals surface area contributed by atoms with Gasteiger partial charge in [0, 0.05) is 29.3 Å². The molecule has 0 saturated carbocycles. The first-order valence-corrected chi connectivity index (χ1v) is 11.5. The van der Waals surface area contributed by atoms with Gasteiger partial charge in [-0.3, -0.25) is 0 Å². The Hall–Kier alpha value is -2.88. The van der Waals surface area contributed by atoms with Crippen molar-refractivity contribution in [1.29, 1.82) is 0 Å². The molecule has 1 aliphatic rings. The second-order valence-electron chi connectivity index (χ2n) is 7.97. The molecule has 5 rings (SSSR count). The minimum atomic E-state index is 0.0973. The minimum absolute atomic E-state index is 0.0973. The van der Waals surface area contributed by atoms with Crippen LogP contribution in [0.4, 0.5) is 0 Å². The smallest absolute Gasteiger partial charge is 0.219 e. The van der Waals surface area contributed by atoms with E-state index in [4.69, 9.17) is 24.8 Å². The molecular formula is C28H23NS2. The first-order valence-electron chi connectivity index (χ1n) is 10.7. The summed E-state index contributed by atoms with van der Waals surface area (Å²) in [6.45, 7) is 0. The minimum Gasteiger partial charge on any atom is -0.432 e. The van der Waals surface area contributed by atoms with Crippen molar-refractivity contribution in [2.45, 2.75) is 25.2 Å². The fraction of sp³-hybridized carbons (Fsp3) is 0.143. The predicted molar refractivity (Wildman–Crippen MR) is 134 cm³/mol. The summed E-state index contributed by atoms with van der Waals surface area (Å²) in [7, 11) is 0. The molecule has 3 aromatic carbocycles. The van der Waals surface area contributed by atoms with Crippen LogP contribution in [-0.4, -0.2) is 4.20 Å². The molecule has 1 heterocycles. The van der Waals surface area contributed by atoms with E-state index in [1.165, 1.54) is 33.6 Å². The third-order valence-corrected chi connectivity index (χ3v) is 6.67. The third kappa shape index (κ3) is 3.80. The lowest BCUT2D eigenvalue weighted by Crippen LogP contribution is -2.43. The molecule has 152 valence electrons. The molecule has 0 N–H and O–H groups in total. The number of hydrogen-bond acceptors (Lipinski definition) is 2. The maximum absolute atomic E-state index is 5.62. The van der Waals surface area contributed by atoms with Gasteiger partial charge in [-0.15, -0.1) is 4.20 Å². The van der Waals surface area contributed by atoms with Crippen molar-refractivity contribution in [3.63, 3.8) is 0 Å². The van der Waals surface area contributed by atoms with Crippen LogP contribution in [0, 0.1) is 0 Å². The lowest BCUT2D eigenvalue weighted by atomic mass is 9.82. The summed E-state index contributed by atoms with van der Waals surface area (Å²) < 4.78 is 3.06. The van der Waals surface area contributed by atoms with Crippen molar-refractivity contribution in [1.82, 2.24) is 0 Å². The van der Waals surface area contributed by atoms with Gasteiger partial charge in [0.2, 0.25) is 11.4 Å². The zero-order chi connectivity index (χ0) is 21.2. The maximum Gasteiger partial charge on any atom is 0.219 e. The number of hydrogen-bond donors (Lipinski definition) is 0. The van der Waals surface area contributed by atoms with Crippen LogP contribution < -0.4 is 4.57 Å². The molecule has 3 heteroatoms. The zero-order valence-electron chi connectivity index (χ0n) is 17.2. The molecule has 0 bridgehead atoms. The van der Waals surface area contributed by atoms with Gasteiger partial charge in [0.05, 0.1) is 5.92 Å². The van der Waals surface area contributed by atoms with Crippen LogP contribution in [0.3, 0.4) is 0 Å². The van der Waals surface area contributed by atoms with Crippen LogP contribution in [0.1, 0.15) is 30.0 Å². The molecule has 1 aromatic heterocycles. The van der Waals surface area contributed by atoms with E-state index in [-0.39, 0.29) is 5.92 Å². The number of thiocarbonyl (C=S) groups is 1. The van der Waals surface area contributed by atoms with Crippen LogP contribution >= 0.6 is 12.2 Å². The Balaban J connectivity index is 1.92. The Morgan fingerprint density at radius 2 is 1.39 bits per heavy atom. The van der Waals surface area contributed by atoms with Gasteiger partial charge in [-0.2, -0.15) is 4.57 Å². The van der Waals surface area contributed by atoms with E-state index >= 15 is 0 Å². The molecule has 0 radical (unpaired) electrons. The number of pyridine rings is 1. The van der Waals surface area contributed by atoms with Crippen LogP contribution in [-0.2, 0) is 19.0 Å². The van der Waals surface area contributed by atoms with Crippen molar-refractivity contribution >= 4 is 29.0 Å². The Morgan fingerprint density at radius 3 is 2.00 bits per heavy atom. The third-order valence-electron chi connectivity index (χ3n) is 6.10. The Kier molecular flexibility index (Phi) is 5.63. The van der Waals surface area contributed by atoms with E-state index in [9.17, 15) is 0 Å². The largest absolute Gasteiger partial charge is 0.432 e. The van der Waals surface area contributed by atoms with Crippen molar-refractivity contribution in [3.05, 3.63) is 108 Å². The number of aromatic nitrogens is 1. The van der Waals surface area contributed by atoms with Crippen LogP contribution in [0.15, 0.2) is 97.1 Å². The lowest BCUT2D eigenvalue weighted by molar-refractivity contribution is -0.594. The molecule has 0 saturated heterocycles. The molecule has 0 amide bonds. The Bertz CT molecular complexity index is 1220. The van der Waals surface area contributed by atoms with Gasteiger partial charge < -0.3 is 24.8 Å². The molecule has 0 aliphatic heterocycles. The maximum atomic E-state index is 5.62. The van der Waals surface area contributed by atoms with E-state index in [0.717, 1.165) is 24.9 Å². The highest BCUT2D eigenvalue weighted by Crippen LogP contribution is 2.39. The van der Waals surface area contributed by atoms with Gasteiger partial charge in [0.15, 0.2) is 5.69 Å². The summed E-state index contributed by atoms with van der Waals surface area (Å²) in [6, 6.07) is 34.3. The van der Waals surface area contributed by atoms with Crippen molar-refractivity contribution < 1.29 is 4.57 Å². The molecule has 31 heavy (non-hydrogen) atoms. The number of rotatable bonds is 4.